The monoisotopic (exact) mass is 494 g/mol. The lowest BCUT2D eigenvalue weighted by Gasteiger charge is -2.57. The highest BCUT2D eigenvalue weighted by atomic mass is 19.1. The number of carboxylic acid groups (broad SMARTS) is 1. The largest absolute Gasteiger partial charge is 0.468 e. The van der Waals surface area contributed by atoms with Crippen LogP contribution >= 0.6 is 0 Å². The molecule has 1 saturated heterocycles. The van der Waals surface area contributed by atoms with E-state index in [2.05, 4.69) is 0 Å². The SMILES string of the molecule is COC(=O)CN1C(=O)[C@@](CC2CCCCCC2)(C(C)(C)C)N(C(=O)O)CC1c1cc(F)cc(F)c1. The van der Waals surface area contributed by atoms with Gasteiger partial charge in [-0.05, 0) is 35.4 Å². The second-order valence-electron chi connectivity index (χ2n) is 10.8. The summed E-state index contributed by atoms with van der Waals surface area (Å²) in [5.41, 5.74) is -2.19. The molecule has 194 valence electrons. The van der Waals surface area contributed by atoms with Crippen molar-refractivity contribution in [2.24, 2.45) is 11.3 Å². The first-order valence-electron chi connectivity index (χ1n) is 12.2. The van der Waals surface area contributed by atoms with Crippen molar-refractivity contribution >= 4 is 18.0 Å². The van der Waals surface area contributed by atoms with Gasteiger partial charge in [0.2, 0.25) is 5.91 Å². The Morgan fingerprint density at radius 3 is 2.14 bits per heavy atom. The van der Waals surface area contributed by atoms with E-state index < -0.39 is 53.1 Å². The molecule has 1 aliphatic heterocycles. The van der Waals surface area contributed by atoms with Gasteiger partial charge < -0.3 is 14.7 Å². The fourth-order valence-electron chi connectivity index (χ4n) is 5.82. The molecule has 1 aromatic rings. The van der Waals surface area contributed by atoms with E-state index in [1.54, 1.807) is 0 Å². The number of rotatable bonds is 5. The van der Waals surface area contributed by atoms with E-state index in [1.807, 2.05) is 20.8 Å². The van der Waals surface area contributed by atoms with Crippen LogP contribution in [0.4, 0.5) is 13.6 Å². The zero-order valence-corrected chi connectivity index (χ0v) is 21.0. The van der Waals surface area contributed by atoms with E-state index in [4.69, 9.17) is 4.74 Å². The maximum atomic E-state index is 14.4. The molecule has 9 heteroatoms. The fraction of sp³-hybridized carbons (Fsp3) is 0.654. The van der Waals surface area contributed by atoms with E-state index in [0.717, 1.165) is 55.6 Å². The number of ether oxygens (including phenoxy) is 1. The van der Waals surface area contributed by atoms with Crippen LogP contribution < -0.4 is 0 Å². The maximum Gasteiger partial charge on any atom is 0.408 e. The number of halogens is 2. The van der Waals surface area contributed by atoms with Gasteiger partial charge in [0.05, 0.1) is 13.2 Å². The van der Waals surface area contributed by atoms with Crippen molar-refractivity contribution in [2.75, 3.05) is 20.2 Å². The van der Waals surface area contributed by atoms with Gasteiger partial charge in [0.1, 0.15) is 23.7 Å². The number of esters is 1. The molecule has 1 aliphatic carbocycles. The van der Waals surface area contributed by atoms with E-state index in [9.17, 15) is 28.3 Å². The normalized spacial score (nSPS) is 24.3. The standard InChI is InChI=1S/C26H36F2N2O5/c1-25(2,3)26(14-17-9-7-5-6-8-10-17)23(32)29(16-22(31)35-4)21(15-30(26)24(33)34)18-11-19(27)13-20(28)12-18/h11-13,17,21H,5-10,14-16H2,1-4H3,(H,33,34)/t21?,26-/m0/s1. The zero-order valence-electron chi connectivity index (χ0n) is 21.0. The molecule has 1 aromatic carbocycles. The highest BCUT2D eigenvalue weighted by molar-refractivity contribution is 5.94. The van der Waals surface area contributed by atoms with Crippen LogP contribution in [0.2, 0.25) is 0 Å². The van der Waals surface area contributed by atoms with E-state index in [-0.39, 0.29) is 18.0 Å². The predicted molar refractivity (Wildman–Crippen MR) is 126 cm³/mol. The smallest absolute Gasteiger partial charge is 0.408 e. The molecule has 2 amide bonds. The van der Waals surface area contributed by atoms with Crippen molar-refractivity contribution in [3.05, 3.63) is 35.4 Å². The number of hydrogen-bond acceptors (Lipinski definition) is 4. The van der Waals surface area contributed by atoms with Gasteiger partial charge in [0.25, 0.3) is 0 Å². The van der Waals surface area contributed by atoms with Crippen LogP contribution in [0.5, 0.6) is 0 Å². The van der Waals surface area contributed by atoms with Crippen molar-refractivity contribution in [3.8, 4) is 0 Å². The second kappa shape index (κ2) is 10.5. The van der Waals surface area contributed by atoms with Crippen molar-refractivity contribution in [1.29, 1.82) is 0 Å². The molecule has 7 nitrogen and oxygen atoms in total. The number of benzene rings is 1. The van der Waals surface area contributed by atoms with E-state index in [0.29, 0.717) is 12.5 Å². The number of methoxy groups -OCH3 is 1. The number of amides is 2. The zero-order chi connectivity index (χ0) is 26.0. The average Bonchev–Trinajstić information content (AvgIpc) is 3.03. The van der Waals surface area contributed by atoms with Crippen LogP contribution in [-0.2, 0) is 14.3 Å². The van der Waals surface area contributed by atoms with Crippen LogP contribution in [0.1, 0.15) is 77.3 Å². The van der Waals surface area contributed by atoms with Crippen LogP contribution in [0.25, 0.3) is 0 Å². The third-order valence-corrected chi connectivity index (χ3v) is 7.63. The number of carbonyl (C=O) groups is 3. The van der Waals surface area contributed by atoms with Crippen LogP contribution in [0.15, 0.2) is 18.2 Å². The first kappa shape index (κ1) is 26.9. The quantitative estimate of drug-likeness (QED) is 0.452. The lowest BCUT2D eigenvalue weighted by molar-refractivity contribution is -0.171. The van der Waals surface area contributed by atoms with E-state index >= 15 is 0 Å². The summed E-state index contributed by atoms with van der Waals surface area (Å²) >= 11 is 0. The molecule has 2 aliphatic rings. The van der Waals surface area contributed by atoms with Gasteiger partial charge in [-0.1, -0.05) is 59.3 Å². The van der Waals surface area contributed by atoms with Crippen molar-refractivity contribution < 1.29 is 33.0 Å². The summed E-state index contributed by atoms with van der Waals surface area (Å²) in [4.78, 5) is 41.8. The Hall–Kier alpha value is -2.71. The molecular formula is C26H36F2N2O5. The molecule has 1 N–H and O–H groups in total. The molecule has 0 radical (unpaired) electrons. The Morgan fingerprint density at radius 2 is 1.66 bits per heavy atom. The summed E-state index contributed by atoms with van der Waals surface area (Å²) in [6.45, 7) is 4.82. The minimum Gasteiger partial charge on any atom is -0.468 e. The van der Waals surface area contributed by atoms with Crippen LogP contribution in [0.3, 0.4) is 0 Å². The second-order valence-corrected chi connectivity index (χ2v) is 10.8. The van der Waals surface area contributed by atoms with Crippen LogP contribution in [0, 0.1) is 23.0 Å². The first-order chi connectivity index (χ1) is 16.4. The number of hydrogen-bond donors (Lipinski definition) is 1. The van der Waals surface area contributed by atoms with Gasteiger partial charge in [0.15, 0.2) is 0 Å². The summed E-state index contributed by atoms with van der Waals surface area (Å²) < 4.78 is 33.0. The molecule has 2 fully saturated rings. The topological polar surface area (TPSA) is 87.2 Å². The average molecular weight is 495 g/mol. The van der Waals surface area contributed by atoms with Gasteiger partial charge in [-0.15, -0.1) is 0 Å². The summed E-state index contributed by atoms with van der Waals surface area (Å²) in [5.74, 6) is -2.79. The van der Waals surface area contributed by atoms with Gasteiger partial charge in [-0.3, -0.25) is 14.5 Å². The van der Waals surface area contributed by atoms with Gasteiger partial charge in [-0.2, -0.15) is 0 Å². The Labute approximate surface area is 205 Å². The van der Waals surface area contributed by atoms with Crippen molar-refractivity contribution in [2.45, 2.75) is 77.3 Å². The third-order valence-electron chi connectivity index (χ3n) is 7.63. The third kappa shape index (κ3) is 5.43. The van der Waals surface area contributed by atoms with Gasteiger partial charge >= 0.3 is 12.1 Å². The van der Waals surface area contributed by atoms with Gasteiger partial charge in [0, 0.05) is 12.6 Å². The molecule has 0 bridgehead atoms. The van der Waals surface area contributed by atoms with Crippen molar-refractivity contribution in [3.63, 3.8) is 0 Å². The molecule has 2 atom stereocenters. The summed E-state index contributed by atoms with van der Waals surface area (Å²) in [6, 6.07) is 1.80. The molecule has 0 spiro atoms. The first-order valence-corrected chi connectivity index (χ1v) is 12.2. The number of carbonyl (C=O) groups excluding carboxylic acids is 2. The van der Waals surface area contributed by atoms with Crippen molar-refractivity contribution in [1.82, 2.24) is 9.80 Å². The van der Waals surface area contributed by atoms with E-state index in [1.165, 1.54) is 12.0 Å². The minimum absolute atomic E-state index is 0.0861. The molecule has 3 rings (SSSR count). The van der Waals surface area contributed by atoms with Crippen LogP contribution in [-0.4, -0.2) is 58.6 Å². The molecular weight excluding hydrogens is 458 g/mol. The van der Waals surface area contributed by atoms with Gasteiger partial charge in [-0.25, -0.2) is 13.6 Å². The highest BCUT2D eigenvalue weighted by Crippen LogP contribution is 2.49. The molecule has 35 heavy (non-hydrogen) atoms. The Kier molecular flexibility index (Phi) is 8.07. The Balaban J connectivity index is 2.16. The minimum atomic E-state index is -1.45. The highest BCUT2D eigenvalue weighted by Gasteiger charge is 2.61. The molecule has 0 aromatic heterocycles. The predicted octanol–water partition coefficient (Wildman–Crippen LogP) is 5.15. The summed E-state index contributed by atoms with van der Waals surface area (Å²) in [6.07, 6.45) is 5.09. The molecule has 1 saturated carbocycles. The lowest BCUT2D eigenvalue weighted by atomic mass is 9.64. The summed E-state index contributed by atoms with van der Waals surface area (Å²) in [5, 5.41) is 10.3. The Morgan fingerprint density at radius 1 is 1.09 bits per heavy atom. The maximum absolute atomic E-state index is 14.4. The Bertz CT molecular complexity index is 935. The number of piperazine rings is 1. The number of nitrogens with zero attached hydrogens (tertiary/aromatic N) is 2. The summed E-state index contributed by atoms with van der Waals surface area (Å²) in [7, 11) is 1.19. The lowest BCUT2D eigenvalue weighted by Crippen LogP contribution is -2.73. The fourth-order valence-corrected chi connectivity index (χ4v) is 5.82. The molecule has 1 unspecified atom stereocenters. The molecule has 1 heterocycles.